The van der Waals surface area contributed by atoms with E-state index in [1.807, 2.05) is 12.1 Å². The molecule has 1 aliphatic rings. The van der Waals surface area contributed by atoms with E-state index in [2.05, 4.69) is 12.2 Å². The number of aliphatic hydroxyl groups excluding tert-OH is 1. The first-order valence-corrected chi connectivity index (χ1v) is 7.22. The molecule has 1 aliphatic carbocycles. The van der Waals surface area contributed by atoms with Gasteiger partial charge in [-0.15, -0.1) is 0 Å². The first-order chi connectivity index (χ1) is 9.11. The fourth-order valence-electron chi connectivity index (χ4n) is 2.95. The van der Waals surface area contributed by atoms with Crippen molar-refractivity contribution >= 4 is 0 Å². The zero-order chi connectivity index (χ0) is 13.8. The summed E-state index contributed by atoms with van der Waals surface area (Å²) >= 11 is 0. The van der Waals surface area contributed by atoms with Gasteiger partial charge in [0.05, 0.1) is 0 Å². The highest BCUT2D eigenvalue weighted by atomic mass is 19.1. The summed E-state index contributed by atoms with van der Waals surface area (Å²) in [6.07, 6.45) is 3.54. The number of aliphatic hydroxyl groups is 1. The van der Waals surface area contributed by atoms with Gasteiger partial charge < -0.3 is 10.4 Å². The van der Waals surface area contributed by atoms with Crippen molar-refractivity contribution in [2.45, 2.75) is 39.2 Å². The van der Waals surface area contributed by atoms with Crippen molar-refractivity contribution in [3.63, 3.8) is 0 Å². The standard InChI is InChI=1S/C16H24FNO/c1-11-6-7-13(8-16(11)17)12(2)18-9-14-4-3-5-15(14)10-19/h6-8,12,14-15,18-19H,3-5,9-10H2,1-2H3. The number of benzene rings is 1. The molecule has 0 amide bonds. The van der Waals surface area contributed by atoms with Crippen LogP contribution in [0.2, 0.25) is 0 Å². The summed E-state index contributed by atoms with van der Waals surface area (Å²) in [6.45, 7) is 5.04. The molecule has 0 radical (unpaired) electrons. The van der Waals surface area contributed by atoms with Crippen molar-refractivity contribution in [1.29, 1.82) is 0 Å². The first-order valence-electron chi connectivity index (χ1n) is 7.22. The van der Waals surface area contributed by atoms with Crippen LogP contribution < -0.4 is 5.32 Å². The van der Waals surface area contributed by atoms with Crippen LogP contribution in [0, 0.1) is 24.6 Å². The Morgan fingerprint density at radius 3 is 2.79 bits per heavy atom. The molecule has 0 saturated heterocycles. The Balaban J connectivity index is 1.90. The molecule has 0 bridgehead atoms. The lowest BCUT2D eigenvalue weighted by molar-refractivity contribution is 0.190. The Kier molecular flexibility index (Phi) is 4.94. The molecule has 2 rings (SSSR count). The SMILES string of the molecule is Cc1ccc(C(C)NCC2CCCC2CO)cc1F. The van der Waals surface area contributed by atoms with Gasteiger partial charge in [-0.25, -0.2) is 4.39 Å². The van der Waals surface area contributed by atoms with Crippen molar-refractivity contribution in [3.8, 4) is 0 Å². The lowest BCUT2D eigenvalue weighted by Gasteiger charge is -2.21. The quantitative estimate of drug-likeness (QED) is 0.857. The van der Waals surface area contributed by atoms with Gasteiger partial charge in [0.1, 0.15) is 5.82 Å². The zero-order valence-corrected chi connectivity index (χ0v) is 11.8. The van der Waals surface area contributed by atoms with Crippen LogP contribution in [0.4, 0.5) is 4.39 Å². The van der Waals surface area contributed by atoms with Crippen LogP contribution in [0.1, 0.15) is 43.4 Å². The molecule has 0 aliphatic heterocycles. The maximum atomic E-state index is 13.5. The second-order valence-electron chi connectivity index (χ2n) is 5.77. The summed E-state index contributed by atoms with van der Waals surface area (Å²) in [5, 5.41) is 12.8. The van der Waals surface area contributed by atoms with Gasteiger partial charge in [-0.2, -0.15) is 0 Å². The van der Waals surface area contributed by atoms with E-state index in [-0.39, 0.29) is 11.9 Å². The van der Waals surface area contributed by atoms with E-state index >= 15 is 0 Å². The number of hydrogen-bond acceptors (Lipinski definition) is 2. The summed E-state index contributed by atoms with van der Waals surface area (Å²) in [5.41, 5.74) is 1.67. The second kappa shape index (κ2) is 6.49. The van der Waals surface area contributed by atoms with Crippen LogP contribution >= 0.6 is 0 Å². The van der Waals surface area contributed by atoms with Crippen LogP contribution in [0.3, 0.4) is 0 Å². The Labute approximate surface area is 115 Å². The summed E-state index contributed by atoms with van der Waals surface area (Å²) in [4.78, 5) is 0. The number of aryl methyl sites for hydroxylation is 1. The molecular formula is C16H24FNO. The highest BCUT2D eigenvalue weighted by molar-refractivity contribution is 5.25. The predicted molar refractivity (Wildman–Crippen MR) is 75.5 cm³/mol. The van der Waals surface area contributed by atoms with Gasteiger partial charge in [0.25, 0.3) is 0 Å². The van der Waals surface area contributed by atoms with Crippen LogP contribution in [0.5, 0.6) is 0 Å². The second-order valence-corrected chi connectivity index (χ2v) is 5.77. The molecule has 106 valence electrons. The molecule has 2 N–H and O–H groups in total. The van der Waals surface area contributed by atoms with Gasteiger partial charge >= 0.3 is 0 Å². The molecule has 3 heteroatoms. The molecule has 0 aromatic heterocycles. The average molecular weight is 265 g/mol. The van der Waals surface area contributed by atoms with E-state index in [9.17, 15) is 9.50 Å². The normalized spacial score (nSPS) is 24.6. The Morgan fingerprint density at radius 2 is 2.11 bits per heavy atom. The summed E-state index contributed by atoms with van der Waals surface area (Å²) in [5.74, 6) is 0.859. The fraction of sp³-hybridized carbons (Fsp3) is 0.625. The Morgan fingerprint density at radius 1 is 1.37 bits per heavy atom. The third-order valence-electron chi connectivity index (χ3n) is 4.43. The van der Waals surface area contributed by atoms with Gasteiger partial charge in [-0.3, -0.25) is 0 Å². The average Bonchev–Trinajstić information content (AvgIpc) is 2.86. The molecule has 1 aromatic carbocycles. The summed E-state index contributed by atoms with van der Waals surface area (Å²) in [7, 11) is 0. The van der Waals surface area contributed by atoms with Crippen LogP contribution in [0.15, 0.2) is 18.2 Å². The van der Waals surface area contributed by atoms with E-state index < -0.39 is 0 Å². The Bertz CT molecular complexity index is 421. The van der Waals surface area contributed by atoms with Crippen LogP contribution in [0.25, 0.3) is 0 Å². The lowest BCUT2D eigenvalue weighted by Crippen LogP contribution is -2.29. The third-order valence-corrected chi connectivity index (χ3v) is 4.43. The number of nitrogens with one attached hydrogen (secondary N) is 1. The number of halogens is 1. The minimum atomic E-state index is -0.139. The van der Waals surface area contributed by atoms with Crippen molar-refractivity contribution in [2.24, 2.45) is 11.8 Å². The molecule has 2 nitrogen and oxygen atoms in total. The molecular weight excluding hydrogens is 241 g/mol. The monoisotopic (exact) mass is 265 g/mol. The fourth-order valence-corrected chi connectivity index (χ4v) is 2.95. The molecule has 1 aromatic rings. The van der Waals surface area contributed by atoms with Gasteiger partial charge in [-0.1, -0.05) is 18.6 Å². The van der Waals surface area contributed by atoms with E-state index in [4.69, 9.17) is 0 Å². The van der Waals surface area contributed by atoms with Crippen molar-refractivity contribution in [2.75, 3.05) is 13.2 Å². The van der Waals surface area contributed by atoms with E-state index in [0.29, 0.717) is 24.0 Å². The Hall–Kier alpha value is -0.930. The van der Waals surface area contributed by atoms with Gasteiger partial charge in [-0.05, 0) is 62.3 Å². The van der Waals surface area contributed by atoms with E-state index in [1.165, 1.54) is 12.8 Å². The minimum absolute atomic E-state index is 0.139. The van der Waals surface area contributed by atoms with Gasteiger partial charge in [0.15, 0.2) is 0 Å². The summed E-state index contributed by atoms with van der Waals surface area (Å²) < 4.78 is 13.5. The molecule has 3 atom stereocenters. The number of rotatable bonds is 5. The molecule has 1 fully saturated rings. The third kappa shape index (κ3) is 3.54. The highest BCUT2D eigenvalue weighted by Gasteiger charge is 2.26. The van der Waals surface area contributed by atoms with Crippen molar-refractivity contribution < 1.29 is 9.50 Å². The lowest BCUT2D eigenvalue weighted by atomic mass is 9.96. The van der Waals surface area contributed by atoms with E-state index in [0.717, 1.165) is 18.5 Å². The van der Waals surface area contributed by atoms with Crippen molar-refractivity contribution in [1.82, 2.24) is 5.32 Å². The molecule has 0 heterocycles. The molecule has 3 unspecified atom stereocenters. The number of hydrogen-bond donors (Lipinski definition) is 2. The molecule has 1 saturated carbocycles. The van der Waals surface area contributed by atoms with Gasteiger partial charge in [0, 0.05) is 12.6 Å². The topological polar surface area (TPSA) is 32.3 Å². The zero-order valence-electron chi connectivity index (χ0n) is 11.8. The van der Waals surface area contributed by atoms with Crippen molar-refractivity contribution in [3.05, 3.63) is 35.1 Å². The minimum Gasteiger partial charge on any atom is -0.396 e. The molecule has 19 heavy (non-hydrogen) atoms. The van der Waals surface area contributed by atoms with Crippen LogP contribution in [-0.2, 0) is 0 Å². The highest BCUT2D eigenvalue weighted by Crippen LogP contribution is 2.31. The maximum Gasteiger partial charge on any atom is 0.126 e. The van der Waals surface area contributed by atoms with E-state index in [1.54, 1.807) is 13.0 Å². The maximum absolute atomic E-state index is 13.5. The largest absolute Gasteiger partial charge is 0.396 e. The predicted octanol–water partition coefficient (Wildman–Crippen LogP) is 3.19. The molecule has 0 spiro atoms. The van der Waals surface area contributed by atoms with Gasteiger partial charge in [0.2, 0.25) is 0 Å². The van der Waals surface area contributed by atoms with Crippen LogP contribution in [-0.4, -0.2) is 18.3 Å². The summed E-state index contributed by atoms with van der Waals surface area (Å²) in [6, 6.07) is 5.57. The smallest absolute Gasteiger partial charge is 0.126 e. The first kappa shape index (κ1) is 14.5.